The normalized spacial score (nSPS) is 12.7. The van der Waals surface area contributed by atoms with Gasteiger partial charge in [-0.05, 0) is 38.5 Å². The number of ether oxygens (including phenoxy) is 2. The quantitative estimate of drug-likeness (QED) is 0.673. The maximum absolute atomic E-state index is 10.1. The molecule has 1 aromatic heterocycles. The summed E-state index contributed by atoms with van der Waals surface area (Å²) in [7, 11) is 0. The Hall–Kier alpha value is -1.60. The number of hydrogen-bond donors (Lipinski definition) is 2. The Morgan fingerprint density at radius 3 is 2.62 bits per heavy atom. The van der Waals surface area contributed by atoms with E-state index in [1.54, 1.807) is 18.2 Å². The van der Waals surface area contributed by atoms with E-state index in [4.69, 9.17) is 32.7 Å². The summed E-state index contributed by atoms with van der Waals surface area (Å²) in [6, 6.07) is 8.81. The average Bonchev–Trinajstić information content (AvgIpc) is 2.61. The lowest BCUT2D eigenvalue weighted by atomic mass is 10.1. The van der Waals surface area contributed by atoms with E-state index in [1.165, 1.54) is 0 Å². The summed E-state index contributed by atoms with van der Waals surface area (Å²) in [6.07, 6.45) is -0.693. The predicted octanol–water partition coefficient (Wildman–Crippen LogP) is 3.28. The molecule has 0 saturated carbocycles. The fourth-order valence-corrected chi connectivity index (χ4v) is 2.34. The molecule has 0 amide bonds. The van der Waals surface area contributed by atoms with E-state index in [9.17, 15) is 5.11 Å². The van der Waals surface area contributed by atoms with Gasteiger partial charge in [-0.1, -0.05) is 35.3 Å². The van der Waals surface area contributed by atoms with Gasteiger partial charge >= 0.3 is 0 Å². The highest BCUT2D eigenvalue weighted by Gasteiger charge is 2.20. The van der Waals surface area contributed by atoms with E-state index in [0.29, 0.717) is 35.0 Å². The second kappa shape index (κ2) is 9.37. The second-order valence-corrected chi connectivity index (χ2v) is 7.36. The number of aryl methyl sites for hydroxylation is 1. The first-order valence-corrected chi connectivity index (χ1v) is 8.95. The highest BCUT2D eigenvalue weighted by atomic mass is 35.5. The van der Waals surface area contributed by atoms with Gasteiger partial charge in [-0.2, -0.15) is 0 Å². The molecule has 0 saturated heterocycles. The van der Waals surface area contributed by atoms with Crippen LogP contribution < -0.4 is 14.8 Å². The van der Waals surface area contributed by atoms with Gasteiger partial charge in [0.2, 0.25) is 5.88 Å². The maximum Gasteiger partial charge on any atom is 0.233 e. The van der Waals surface area contributed by atoms with Crippen LogP contribution in [0, 0.1) is 6.92 Å². The van der Waals surface area contributed by atoms with Crippen LogP contribution in [0.4, 0.5) is 0 Å². The first kappa shape index (κ1) is 20.7. The number of aromatic nitrogens is 2. The Bertz CT molecular complexity index is 711. The summed E-state index contributed by atoms with van der Waals surface area (Å²) in [5, 5.41) is 21.8. The van der Waals surface area contributed by atoms with Crippen molar-refractivity contribution in [3.05, 3.63) is 46.1 Å². The number of benzene rings is 1. The lowest BCUT2D eigenvalue weighted by molar-refractivity contribution is 0.0923. The molecule has 0 aliphatic heterocycles. The Morgan fingerprint density at radius 1 is 1.15 bits per heavy atom. The SMILES string of the molecule is Cc1cccc(OCC(O)CNC(C)(C)COc2ccc(Cl)nn2)c1Cl. The first-order chi connectivity index (χ1) is 12.3. The van der Waals surface area contributed by atoms with Gasteiger partial charge in [0.05, 0.1) is 5.02 Å². The molecule has 0 aliphatic carbocycles. The zero-order valence-corrected chi connectivity index (χ0v) is 16.5. The zero-order valence-electron chi connectivity index (χ0n) is 15.0. The van der Waals surface area contributed by atoms with Crippen molar-refractivity contribution in [2.45, 2.75) is 32.4 Å². The molecule has 6 nitrogen and oxygen atoms in total. The molecule has 0 aliphatic rings. The minimum absolute atomic E-state index is 0.135. The predicted molar refractivity (Wildman–Crippen MR) is 102 cm³/mol. The smallest absolute Gasteiger partial charge is 0.233 e. The topological polar surface area (TPSA) is 76.5 Å². The van der Waals surface area contributed by atoms with Crippen molar-refractivity contribution in [1.29, 1.82) is 0 Å². The molecule has 2 aromatic rings. The molecule has 2 N–H and O–H groups in total. The Balaban J connectivity index is 1.75. The molecule has 2 rings (SSSR count). The van der Waals surface area contributed by atoms with Gasteiger partial charge in [0, 0.05) is 18.2 Å². The summed E-state index contributed by atoms with van der Waals surface area (Å²) in [4.78, 5) is 0. The summed E-state index contributed by atoms with van der Waals surface area (Å²) in [5.41, 5.74) is 0.545. The van der Waals surface area contributed by atoms with Crippen molar-refractivity contribution in [3.63, 3.8) is 0 Å². The van der Waals surface area contributed by atoms with Crippen LogP contribution in [-0.2, 0) is 0 Å². The molecule has 0 fully saturated rings. The lowest BCUT2D eigenvalue weighted by Gasteiger charge is -2.27. The third-order valence-electron chi connectivity index (χ3n) is 3.59. The number of aliphatic hydroxyl groups excluding tert-OH is 1. The van der Waals surface area contributed by atoms with Crippen LogP contribution in [0.2, 0.25) is 10.2 Å². The first-order valence-electron chi connectivity index (χ1n) is 8.20. The van der Waals surface area contributed by atoms with Crippen LogP contribution in [0.15, 0.2) is 30.3 Å². The zero-order chi connectivity index (χ0) is 19.2. The number of β-amino-alcohol motifs (C(OH)–C–C–N with tert-alkyl or cyclic N) is 1. The molecule has 26 heavy (non-hydrogen) atoms. The molecule has 8 heteroatoms. The maximum atomic E-state index is 10.1. The summed E-state index contributed by atoms with van der Waals surface area (Å²) in [5.74, 6) is 0.955. The fourth-order valence-electron chi connectivity index (χ4n) is 2.06. The van der Waals surface area contributed by atoms with Crippen molar-refractivity contribution in [1.82, 2.24) is 15.5 Å². The third-order valence-corrected chi connectivity index (χ3v) is 4.28. The standard InChI is InChI=1S/C18H23Cl2N3O3/c1-12-5-4-6-14(17(12)20)25-10-13(24)9-21-18(2,3)11-26-16-8-7-15(19)22-23-16/h4-8,13,21,24H,9-11H2,1-3H3. The van der Waals surface area contributed by atoms with Crippen molar-refractivity contribution >= 4 is 23.2 Å². The van der Waals surface area contributed by atoms with E-state index in [0.717, 1.165) is 5.56 Å². The molecular formula is C18H23Cl2N3O3. The molecule has 1 atom stereocenters. The molecular weight excluding hydrogens is 377 g/mol. The van der Waals surface area contributed by atoms with Crippen LogP contribution in [0.1, 0.15) is 19.4 Å². The highest BCUT2D eigenvalue weighted by molar-refractivity contribution is 6.32. The number of nitrogens with one attached hydrogen (secondary N) is 1. The molecule has 1 unspecified atom stereocenters. The van der Waals surface area contributed by atoms with Crippen LogP contribution in [0.3, 0.4) is 0 Å². The molecule has 0 radical (unpaired) electrons. The lowest BCUT2D eigenvalue weighted by Crippen LogP contribution is -2.48. The van der Waals surface area contributed by atoms with Gasteiger partial charge in [-0.3, -0.25) is 0 Å². The van der Waals surface area contributed by atoms with Gasteiger partial charge in [0.25, 0.3) is 0 Å². The van der Waals surface area contributed by atoms with E-state index in [1.807, 2.05) is 32.9 Å². The third kappa shape index (κ3) is 6.61. The number of nitrogens with zero attached hydrogens (tertiary/aromatic N) is 2. The Kier molecular flexibility index (Phi) is 7.46. The highest BCUT2D eigenvalue weighted by Crippen LogP contribution is 2.27. The molecule has 142 valence electrons. The van der Waals surface area contributed by atoms with Gasteiger partial charge in [0.1, 0.15) is 25.1 Å². The van der Waals surface area contributed by atoms with E-state index in [2.05, 4.69) is 15.5 Å². The molecule has 1 heterocycles. The molecule has 1 aromatic carbocycles. The Morgan fingerprint density at radius 2 is 1.92 bits per heavy atom. The van der Waals surface area contributed by atoms with Crippen molar-refractivity contribution in [2.75, 3.05) is 19.8 Å². The summed E-state index contributed by atoms with van der Waals surface area (Å²) >= 11 is 11.9. The van der Waals surface area contributed by atoms with Crippen molar-refractivity contribution in [2.24, 2.45) is 0 Å². The van der Waals surface area contributed by atoms with Crippen LogP contribution in [0.25, 0.3) is 0 Å². The number of hydrogen-bond acceptors (Lipinski definition) is 6. The fraction of sp³-hybridized carbons (Fsp3) is 0.444. The van der Waals surface area contributed by atoms with E-state index < -0.39 is 6.10 Å². The number of rotatable bonds is 9. The number of halogens is 2. The van der Waals surface area contributed by atoms with Crippen LogP contribution >= 0.6 is 23.2 Å². The van der Waals surface area contributed by atoms with Gasteiger partial charge in [0.15, 0.2) is 5.15 Å². The van der Waals surface area contributed by atoms with Gasteiger partial charge in [-0.25, -0.2) is 0 Å². The number of aliphatic hydroxyl groups is 1. The molecule has 0 bridgehead atoms. The van der Waals surface area contributed by atoms with E-state index >= 15 is 0 Å². The van der Waals surface area contributed by atoms with Crippen molar-refractivity contribution in [3.8, 4) is 11.6 Å². The molecule has 0 spiro atoms. The largest absolute Gasteiger partial charge is 0.489 e. The van der Waals surface area contributed by atoms with Crippen molar-refractivity contribution < 1.29 is 14.6 Å². The van der Waals surface area contributed by atoms with Gasteiger partial charge in [-0.15, -0.1) is 10.2 Å². The second-order valence-electron chi connectivity index (χ2n) is 6.60. The minimum atomic E-state index is -0.693. The van der Waals surface area contributed by atoms with Crippen LogP contribution in [-0.4, -0.2) is 46.7 Å². The van der Waals surface area contributed by atoms with Gasteiger partial charge < -0.3 is 19.9 Å². The summed E-state index contributed by atoms with van der Waals surface area (Å²) < 4.78 is 11.2. The minimum Gasteiger partial charge on any atom is -0.489 e. The van der Waals surface area contributed by atoms with Crippen LogP contribution in [0.5, 0.6) is 11.6 Å². The summed E-state index contributed by atoms with van der Waals surface area (Å²) in [6.45, 7) is 6.64. The Labute approximate surface area is 163 Å². The van der Waals surface area contributed by atoms with E-state index in [-0.39, 0.29) is 12.1 Å². The monoisotopic (exact) mass is 399 g/mol. The average molecular weight is 400 g/mol.